The fourth-order valence-electron chi connectivity index (χ4n) is 1.58. The van der Waals surface area contributed by atoms with Crippen molar-refractivity contribution in [1.82, 2.24) is 0 Å². The smallest absolute Gasteiger partial charge is 0.162 e. The van der Waals surface area contributed by atoms with Gasteiger partial charge in [0.25, 0.3) is 0 Å². The third-order valence-corrected chi connectivity index (χ3v) is 2.55. The molecule has 5 nitrogen and oxygen atoms in total. The van der Waals surface area contributed by atoms with E-state index in [-0.39, 0.29) is 12.6 Å². The Kier molecular flexibility index (Phi) is 5.06. The molecule has 0 fully saturated rings. The van der Waals surface area contributed by atoms with Gasteiger partial charge in [-0.1, -0.05) is 0 Å². The van der Waals surface area contributed by atoms with E-state index in [0.717, 1.165) is 5.69 Å². The molecule has 1 unspecified atom stereocenters. The first-order chi connectivity index (χ1) is 8.12. The average molecular weight is 240 g/mol. The summed E-state index contributed by atoms with van der Waals surface area (Å²) < 4.78 is 10.4. The van der Waals surface area contributed by atoms with E-state index < -0.39 is 0 Å². The predicted octanol–water partition coefficient (Wildman–Crippen LogP) is 0.460. The van der Waals surface area contributed by atoms with Gasteiger partial charge in [-0.05, 0) is 12.1 Å². The van der Waals surface area contributed by atoms with Crippen LogP contribution >= 0.6 is 0 Å². The minimum absolute atomic E-state index is 0.0301. The molecule has 0 saturated heterocycles. The number of likely N-dealkylation sites (N-methyl/N-ethyl adjacent to an activating group) is 1. The Balaban J connectivity index is 2.84. The van der Waals surface area contributed by atoms with Crippen molar-refractivity contribution < 1.29 is 14.6 Å². The van der Waals surface area contributed by atoms with Gasteiger partial charge >= 0.3 is 0 Å². The summed E-state index contributed by atoms with van der Waals surface area (Å²) in [5, 5.41) is 8.92. The van der Waals surface area contributed by atoms with Gasteiger partial charge in [0.05, 0.1) is 20.8 Å². The van der Waals surface area contributed by atoms with Crippen LogP contribution in [0.15, 0.2) is 18.2 Å². The number of aliphatic hydroxyl groups is 1. The third-order valence-electron chi connectivity index (χ3n) is 2.55. The predicted molar refractivity (Wildman–Crippen MR) is 67.9 cm³/mol. The molecule has 0 heterocycles. The van der Waals surface area contributed by atoms with Crippen LogP contribution in [-0.4, -0.2) is 45.6 Å². The van der Waals surface area contributed by atoms with Gasteiger partial charge in [0, 0.05) is 31.4 Å². The average Bonchev–Trinajstić information content (AvgIpc) is 2.37. The van der Waals surface area contributed by atoms with Crippen molar-refractivity contribution in [3.05, 3.63) is 18.2 Å². The van der Waals surface area contributed by atoms with Gasteiger partial charge in [-0.25, -0.2) is 0 Å². The molecular formula is C12H20N2O3. The molecule has 96 valence electrons. The minimum Gasteiger partial charge on any atom is -0.493 e. The Morgan fingerprint density at radius 1 is 1.29 bits per heavy atom. The quantitative estimate of drug-likeness (QED) is 0.756. The summed E-state index contributed by atoms with van der Waals surface area (Å²) in [6, 6.07) is 5.39. The molecule has 1 aromatic carbocycles. The summed E-state index contributed by atoms with van der Waals surface area (Å²) in [6.07, 6.45) is 0. The molecule has 0 saturated carbocycles. The van der Waals surface area contributed by atoms with Crippen molar-refractivity contribution >= 4 is 5.69 Å². The number of methoxy groups -OCH3 is 2. The maximum absolute atomic E-state index is 8.92. The van der Waals surface area contributed by atoms with Gasteiger partial charge in [0.2, 0.25) is 0 Å². The maximum atomic E-state index is 8.92. The number of nitrogens with zero attached hydrogens (tertiary/aromatic N) is 1. The van der Waals surface area contributed by atoms with Crippen molar-refractivity contribution in [2.75, 3.05) is 39.3 Å². The van der Waals surface area contributed by atoms with E-state index in [1.54, 1.807) is 14.2 Å². The van der Waals surface area contributed by atoms with E-state index in [9.17, 15) is 0 Å². The first kappa shape index (κ1) is 13.6. The van der Waals surface area contributed by atoms with Gasteiger partial charge in [0.1, 0.15) is 0 Å². The fourth-order valence-corrected chi connectivity index (χ4v) is 1.58. The summed E-state index contributed by atoms with van der Waals surface area (Å²) >= 11 is 0. The highest BCUT2D eigenvalue weighted by Crippen LogP contribution is 2.30. The molecule has 1 atom stereocenters. The number of anilines is 1. The van der Waals surface area contributed by atoms with Crippen molar-refractivity contribution in [3.8, 4) is 11.5 Å². The molecule has 0 aliphatic heterocycles. The minimum atomic E-state index is -0.256. The highest BCUT2D eigenvalue weighted by Gasteiger charge is 2.10. The largest absolute Gasteiger partial charge is 0.493 e. The summed E-state index contributed by atoms with van der Waals surface area (Å²) in [6.45, 7) is 0.545. The van der Waals surface area contributed by atoms with Crippen LogP contribution in [0.5, 0.6) is 11.5 Å². The fraction of sp³-hybridized carbons (Fsp3) is 0.500. The molecule has 0 spiro atoms. The van der Waals surface area contributed by atoms with Crippen molar-refractivity contribution in [3.63, 3.8) is 0 Å². The zero-order valence-corrected chi connectivity index (χ0v) is 10.5. The SMILES string of the molecule is COc1ccc(N(C)CC(N)CO)cc1OC. The van der Waals surface area contributed by atoms with Crippen LogP contribution in [-0.2, 0) is 0 Å². The number of aliphatic hydroxyl groups excluding tert-OH is 1. The van der Waals surface area contributed by atoms with E-state index in [1.165, 1.54) is 0 Å². The van der Waals surface area contributed by atoms with E-state index in [2.05, 4.69) is 0 Å². The summed E-state index contributed by atoms with van der Waals surface area (Å²) in [5.41, 5.74) is 6.65. The second-order valence-corrected chi connectivity index (χ2v) is 3.86. The monoisotopic (exact) mass is 240 g/mol. The van der Waals surface area contributed by atoms with Gasteiger partial charge < -0.3 is 25.2 Å². The lowest BCUT2D eigenvalue weighted by atomic mass is 10.2. The van der Waals surface area contributed by atoms with Crippen LogP contribution in [0.25, 0.3) is 0 Å². The molecular weight excluding hydrogens is 220 g/mol. The molecule has 17 heavy (non-hydrogen) atoms. The molecule has 0 bridgehead atoms. The first-order valence-corrected chi connectivity index (χ1v) is 5.42. The van der Waals surface area contributed by atoms with E-state index in [1.807, 2.05) is 30.1 Å². The van der Waals surface area contributed by atoms with Crippen LogP contribution in [0.4, 0.5) is 5.69 Å². The molecule has 1 rings (SSSR count). The van der Waals surface area contributed by atoms with Crippen LogP contribution < -0.4 is 20.1 Å². The Morgan fingerprint density at radius 2 is 1.94 bits per heavy atom. The summed E-state index contributed by atoms with van der Waals surface area (Å²) in [4.78, 5) is 1.96. The van der Waals surface area contributed by atoms with Crippen molar-refractivity contribution in [1.29, 1.82) is 0 Å². The number of hydrogen-bond donors (Lipinski definition) is 2. The number of hydrogen-bond acceptors (Lipinski definition) is 5. The number of benzene rings is 1. The number of rotatable bonds is 6. The molecule has 0 radical (unpaired) electrons. The normalized spacial score (nSPS) is 12.1. The zero-order valence-electron chi connectivity index (χ0n) is 10.5. The van der Waals surface area contributed by atoms with Gasteiger partial charge in [-0.15, -0.1) is 0 Å². The maximum Gasteiger partial charge on any atom is 0.162 e. The Bertz CT molecular complexity index is 358. The lowest BCUT2D eigenvalue weighted by molar-refractivity contribution is 0.267. The lowest BCUT2D eigenvalue weighted by Crippen LogP contribution is -2.37. The molecule has 0 amide bonds. The van der Waals surface area contributed by atoms with Gasteiger partial charge in [0.15, 0.2) is 11.5 Å². The van der Waals surface area contributed by atoms with Crippen LogP contribution in [0.2, 0.25) is 0 Å². The molecule has 1 aromatic rings. The van der Waals surface area contributed by atoms with E-state index >= 15 is 0 Å². The van der Waals surface area contributed by atoms with Crippen LogP contribution in [0.3, 0.4) is 0 Å². The van der Waals surface area contributed by atoms with E-state index in [4.69, 9.17) is 20.3 Å². The highest BCUT2D eigenvalue weighted by molar-refractivity contribution is 5.56. The number of nitrogens with two attached hydrogens (primary N) is 1. The van der Waals surface area contributed by atoms with Gasteiger partial charge in [-0.3, -0.25) is 0 Å². The molecule has 0 aromatic heterocycles. The zero-order chi connectivity index (χ0) is 12.8. The molecule has 0 aliphatic carbocycles. The Morgan fingerprint density at radius 3 is 2.47 bits per heavy atom. The Labute approximate surface area is 102 Å². The Hall–Kier alpha value is -1.46. The topological polar surface area (TPSA) is 68.0 Å². The van der Waals surface area contributed by atoms with Crippen molar-refractivity contribution in [2.45, 2.75) is 6.04 Å². The third kappa shape index (κ3) is 3.51. The van der Waals surface area contributed by atoms with Crippen LogP contribution in [0, 0.1) is 0 Å². The van der Waals surface area contributed by atoms with Crippen molar-refractivity contribution in [2.24, 2.45) is 5.73 Å². The molecule has 0 aliphatic rings. The van der Waals surface area contributed by atoms with E-state index in [0.29, 0.717) is 18.0 Å². The summed E-state index contributed by atoms with van der Waals surface area (Å²) in [5.74, 6) is 1.37. The molecule has 5 heteroatoms. The highest BCUT2D eigenvalue weighted by atomic mass is 16.5. The number of ether oxygens (including phenoxy) is 2. The molecule has 3 N–H and O–H groups in total. The lowest BCUT2D eigenvalue weighted by Gasteiger charge is -2.23. The standard InChI is InChI=1S/C12H20N2O3/c1-14(7-9(13)8-15)10-4-5-11(16-2)12(6-10)17-3/h4-6,9,15H,7-8,13H2,1-3H3. The summed E-state index contributed by atoms with van der Waals surface area (Å²) in [7, 11) is 5.11. The van der Waals surface area contributed by atoms with Gasteiger partial charge in [-0.2, -0.15) is 0 Å². The first-order valence-electron chi connectivity index (χ1n) is 5.42. The second-order valence-electron chi connectivity index (χ2n) is 3.86. The van der Waals surface area contributed by atoms with Crippen LogP contribution in [0.1, 0.15) is 0 Å². The second kappa shape index (κ2) is 6.32.